The third kappa shape index (κ3) is 3.44. The maximum atomic E-state index is 11.9. The molecule has 0 unspecified atom stereocenters. The smallest absolute Gasteiger partial charge is 0.269 e. The van der Waals surface area contributed by atoms with Gasteiger partial charge in [0, 0.05) is 36.0 Å². The number of hydrogen-bond acceptors (Lipinski definition) is 5. The van der Waals surface area contributed by atoms with E-state index in [0.29, 0.717) is 12.1 Å². The summed E-state index contributed by atoms with van der Waals surface area (Å²) in [6, 6.07) is 6.03. The molecule has 0 spiro atoms. The molecule has 0 fully saturated rings. The molecule has 110 valence electrons. The van der Waals surface area contributed by atoms with Crippen LogP contribution in [-0.4, -0.2) is 21.2 Å². The summed E-state index contributed by atoms with van der Waals surface area (Å²) in [6.07, 6.45) is 1.59. The third-order valence-electron chi connectivity index (χ3n) is 2.99. The Morgan fingerprint density at radius 2 is 2.14 bits per heavy atom. The second-order valence-corrected chi connectivity index (χ2v) is 4.66. The van der Waals surface area contributed by atoms with Crippen LogP contribution in [0, 0.1) is 17.0 Å². The van der Waals surface area contributed by atoms with Gasteiger partial charge in [0.15, 0.2) is 0 Å². The number of hydrogen-bond donors (Lipinski definition) is 1. The minimum absolute atomic E-state index is 0.00758. The van der Waals surface area contributed by atoms with Crippen LogP contribution in [-0.2, 0) is 6.54 Å². The molecule has 0 aliphatic heterocycles. The van der Waals surface area contributed by atoms with Gasteiger partial charge in [0.25, 0.3) is 11.2 Å². The van der Waals surface area contributed by atoms with Crippen molar-refractivity contribution in [2.75, 3.05) is 11.9 Å². The fourth-order valence-electron chi connectivity index (χ4n) is 1.99. The zero-order valence-electron chi connectivity index (χ0n) is 11.9. The average molecular weight is 288 g/mol. The van der Waals surface area contributed by atoms with E-state index in [2.05, 4.69) is 10.4 Å². The minimum Gasteiger partial charge on any atom is -0.385 e. The third-order valence-corrected chi connectivity index (χ3v) is 2.99. The molecule has 7 nitrogen and oxygen atoms in total. The number of nitro benzene ring substituents is 1. The fraction of sp³-hybridized carbons (Fsp3) is 0.286. The molecule has 1 N–H and O–H groups in total. The lowest BCUT2D eigenvalue weighted by atomic mass is 10.1. The highest BCUT2D eigenvalue weighted by Gasteiger charge is 2.12. The van der Waals surface area contributed by atoms with Gasteiger partial charge in [-0.25, -0.2) is 4.68 Å². The number of nitrogens with one attached hydrogen (secondary N) is 1. The van der Waals surface area contributed by atoms with Gasteiger partial charge >= 0.3 is 0 Å². The SMILES string of the molecule is CCNc1ccc([N+](=O)[O-])cc1Cn1ncc(C)cc1=O. The summed E-state index contributed by atoms with van der Waals surface area (Å²) < 4.78 is 1.28. The Balaban J connectivity index is 2.42. The Hall–Kier alpha value is -2.70. The molecule has 0 bridgehead atoms. The van der Waals surface area contributed by atoms with E-state index in [1.165, 1.54) is 22.9 Å². The lowest BCUT2D eigenvalue weighted by molar-refractivity contribution is -0.384. The van der Waals surface area contributed by atoms with E-state index < -0.39 is 4.92 Å². The first kappa shape index (κ1) is 14.7. The van der Waals surface area contributed by atoms with Crippen molar-refractivity contribution in [1.29, 1.82) is 0 Å². The minimum atomic E-state index is -0.454. The Labute approximate surface area is 121 Å². The van der Waals surface area contributed by atoms with Crippen molar-refractivity contribution < 1.29 is 4.92 Å². The first-order valence-corrected chi connectivity index (χ1v) is 6.56. The molecule has 0 radical (unpaired) electrons. The fourth-order valence-corrected chi connectivity index (χ4v) is 1.99. The molecule has 0 amide bonds. The quantitative estimate of drug-likeness (QED) is 0.670. The van der Waals surface area contributed by atoms with Crippen LogP contribution >= 0.6 is 0 Å². The standard InChI is InChI=1S/C14H16N4O3/c1-3-15-13-5-4-12(18(20)21)7-11(13)9-17-14(19)6-10(2)8-16-17/h4-8,15H,3,9H2,1-2H3. The molecule has 1 aromatic carbocycles. The van der Waals surface area contributed by atoms with E-state index in [9.17, 15) is 14.9 Å². The molecular weight excluding hydrogens is 272 g/mol. The topological polar surface area (TPSA) is 90.1 Å². The van der Waals surface area contributed by atoms with Crippen molar-refractivity contribution in [2.24, 2.45) is 0 Å². The molecule has 2 aromatic rings. The second-order valence-electron chi connectivity index (χ2n) is 4.66. The molecule has 2 rings (SSSR count). The Bertz CT molecular complexity index is 724. The van der Waals surface area contributed by atoms with Crippen LogP contribution in [0.3, 0.4) is 0 Å². The highest BCUT2D eigenvalue weighted by molar-refractivity contribution is 5.56. The van der Waals surface area contributed by atoms with Crippen molar-refractivity contribution in [3.8, 4) is 0 Å². The number of aryl methyl sites for hydroxylation is 1. The maximum Gasteiger partial charge on any atom is 0.269 e. The number of benzene rings is 1. The van der Waals surface area contributed by atoms with Crippen LogP contribution < -0.4 is 10.9 Å². The summed E-state index contributed by atoms with van der Waals surface area (Å²) in [5.74, 6) is 0. The van der Waals surface area contributed by atoms with Crippen molar-refractivity contribution in [3.05, 3.63) is 62.1 Å². The van der Waals surface area contributed by atoms with Crippen LogP contribution in [0.25, 0.3) is 0 Å². The number of aromatic nitrogens is 2. The monoisotopic (exact) mass is 288 g/mol. The number of nitrogens with zero attached hydrogens (tertiary/aromatic N) is 3. The number of non-ortho nitro benzene ring substituents is 1. The van der Waals surface area contributed by atoms with Crippen LogP contribution in [0.2, 0.25) is 0 Å². The molecule has 0 saturated heterocycles. The molecule has 7 heteroatoms. The average Bonchev–Trinajstić information content (AvgIpc) is 2.43. The van der Waals surface area contributed by atoms with E-state index in [4.69, 9.17) is 0 Å². The summed E-state index contributed by atoms with van der Waals surface area (Å²) >= 11 is 0. The summed E-state index contributed by atoms with van der Waals surface area (Å²) in [5.41, 5.74) is 1.96. The highest BCUT2D eigenvalue weighted by Crippen LogP contribution is 2.22. The van der Waals surface area contributed by atoms with E-state index >= 15 is 0 Å². The van der Waals surface area contributed by atoms with Crippen molar-refractivity contribution >= 4 is 11.4 Å². The molecular formula is C14H16N4O3. The predicted molar refractivity (Wildman–Crippen MR) is 79.6 cm³/mol. The van der Waals surface area contributed by atoms with Crippen LogP contribution in [0.15, 0.2) is 35.3 Å². The van der Waals surface area contributed by atoms with Crippen molar-refractivity contribution in [1.82, 2.24) is 9.78 Å². The summed E-state index contributed by atoms with van der Waals surface area (Å²) in [6.45, 7) is 4.59. The summed E-state index contributed by atoms with van der Waals surface area (Å²) in [4.78, 5) is 22.3. The van der Waals surface area contributed by atoms with Gasteiger partial charge in [-0.15, -0.1) is 0 Å². The van der Waals surface area contributed by atoms with Gasteiger partial charge in [-0.2, -0.15) is 5.10 Å². The molecule has 1 heterocycles. The maximum absolute atomic E-state index is 11.9. The second kappa shape index (κ2) is 6.17. The first-order chi connectivity index (χ1) is 10.0. The van der Waals surface area contributed by atoms with Crippen LogP contribution in [0.4, 0.5) is 11.4 Å². The normalized spacial score (nSPS) is 10.4. The first-order valence-electron chi connectivity index (χ1n) is 6.56. The molecule has 1 aromatic heterocycles. The summed E-state index contributed by atoms with van der Waals surface area (Å²) in [7, 11) is 0. The Morgan fingerprint density at radius 1 is 1.38 bits per heavy atom. The van der Waals surface area contributed by atoms with Crippen LogP contribution in [0.1, 0.15) is 18.1 Å². The van der Waals surface area contributed by atoms with Gasteiger partial charge in [-0.1, -0.05) is 0 Å². The molecule has 21 heavy (non-hydrogen) atoms. The lowest BCUT2D eigenvalue weighted by Crippen LogP contribution is -2.23. The van der Waals surface area contributed by atoms with Gasteiger partial charge in [-0.05, 0) is 25.5 Å². The lowest BCUT2D eigenvalue weighted by Gasteiger charge is -2.11. The van der Waals surface area contributed by atoms with Gasteiger partial charge in [0.1, 0.15) is 0 Å². The van der Waals surface area contributed by atoms with Crippen molar-refractivity contribution in [3.63, 3.8) is 0 Å². The van der Waals surface area contributed by atoms with Gasteiger partial charge in [0.2, 0.25) is 0 Å². The van der Waals surface area contributed by atoms with E-state index in [-0.39, 0.29) is 17.8 Å². The zero-order chi connectivity index (χ0) is 15.4. The molecule has 0 aliphatic rings. The zero-order valence-corrected chi connectivity index (χ0v) is 11.9. The van der Waals surface area contributed by atoms with E-state index in [1.807, 2.05) is 6.92 Å². The number of anilines is 1. The Kier molecular flexibility index (Phi) is 4.32. The van der Waals surface area contributed by atoms with E-state index in [0.717, 1.165) is 11.3 Å². The van der Waals surface area contributed by atoms with E-state index in [1.54, 1.807) is 19.2 Å². The summed E-state index contributed by atoms with van der Waals surface area (Å²) in [5, 5.41) is 18.1. The number of rotatable bonds is 5. The van der Waals surface area contributed by atoms with Gasteiger partial charge in [0.05, 0.1) is 17.7 Å². The van der Waals surface area contributed by atoms with Crippen LogP contribution in [0.5, 0.6) is 0 Å². The molecule has 0 aliphatic carbocycles. The highest BCUT2D eigenvalue weighted by atomic mass is 16.6. The Morgan fingerprint density at radius 3 is 2.76 bits per heavy atom. The van der Waals surface area contributed by atoms with Gasteiger partial charge < -0.3 is 5.32 Å². The van der Waals surface area contributed by atoms with Gasteiger partial charge in [-0.3, -0.25) is 14.9 Å². The largest absolute Gasteiger partial charge is 0.385 e. The van der Waals surface area contributed by atoms with Crippen molar-refractivity contribution in [2.45, 2.75) is 20.4 Å². The predicted octanol–water partition coefficient (Wildman–Crippen LogP) is 1.94. The molecule has 0 atom stereocenters. The molecule has 0 saturated carbocycles. The number of nitro groups is 1.